The maximum absolute atomic E-state index is 11.2. The molecular weight excluding hydrogens is 172 g/mol. The predicted octanol–water partition coefficient (Wildman–Crippen LogP) is 0.924. The van der Waals surface area contributed by atoms with Gasteiger partial charge in [0.25, 0.3) is 0 Å². The number of carbonyl (C=O) groups is 1. The number of nitrogens with one attached hydrogen (secondary N) is 1. The van der Waals surface area contributed by atoms with Gasteiger partial charge < -0.3 is 5.32 Å². The van der Waals surface area contributed by atoms with Crippen molar-refractivity contribution in [2.75, 3.05) is 13.6 Å². The maximum atomic E-state index is 11.2. The van der Waals surface area contributed by atoms with E-state index in [9.17, 15) is 4.79 Å². The number of hydrogen-bond acceptors (Lipinski definition) is 3. The third kappa shape index (κ3) is 5.43. The molecule has 0 saturated carbocycles. The first kappa shape index (κ1) is 11.8. The Bertz CT molecular complexity index is 148. The van der Waals surface area contributed by atoms with Crippen LogP contribution in [-0.4, -0.2) is 29.8 Å². The average Bonchev–Trinajstić information content (AvgIpc) is 1.84. The smallest absolute Gasteiger partial charge is 0.235 e. The van der Waals surface area contributed by atoms with Gasteiger partial charge in [-0.15, -0.1) is 0 Å². The van der Waals surface area contributed by atoms with Crippen LogP contribution in [0.25, 0.3) is 0 Å². The third-order valence-corrected chi connectivity index (χ3v) is 1.90. The fourth-order valence-electron chi connectivity index (χ4n) is 0.674. The van der Waals surface area contributed by atoms with Gasteiger partial charge in [-0.3, -0.25) is 4.79 Å². The first-order valence-electron chi connectivity index (χ1n) is 4.13. The van der Waals surface area contributed by atoms with Gasteiger partial charge >= 0.3 is 0 Å². The lowest BCUT2D eigenvalue weighted by atomic mass is 10.1. The molecule has 12 heavy (non-hydrogen) atoms. The van der Waals surface area contributed by atoms with Crippen molar-refractivity contribution in [2.24, 2.45) is 5.92 Å². The molecule has 1 unspecified atom stereocenters. The molecule has 0 aliphatic carbocycles. The minimum atomic E-state index is 0.0219. The fraction of sp³-hybridized carbons (Fsp3) is 0.875. The summed E-state index contributed by atoms with van der Waals surface area (Å²) in [5, 5.41) is 2.88. The van der Waals surface area contributed by atoms with E-state index < -0.39 is 0 Å². The molecule has 0 aliphatic heterocycles. The zero-order chi connectivity index (χ0) is 9.72. The molecule has 1 N–H and O–H groups in total. The highest BCUT2D eigenvalue weighted by molar-refractivity contribution is 7.77. The number of nitrogens with zero attached hydrogens (tertiary/aromatic N) is 1. The zero-order valence-corrected chi connectivity index (χ0v) is 9.06. The van der Waals surface area contributed by atoms with E-state index in [0.29, 0.717) is 12.5 Å². The lowest BCUT2D eigenvalue weighted by Crippen LogP contribution is -2.40. The predicted molar refractivity (Wildman–Crippen MR) is 54.1 cm³/mol. The Kier molecular flexibility index (Phi) is 5.33. The summed E-state index contributed by atoms with van der Waals surface area (Å²) in [6, 6.07) is 0.228. The quantitative estimate of drug-likeness (QED) is 0.646. The van der Waals surface area contributed by atoms with Crippen molar-refractivity contribution in [3.05, 3.63) is 0 Å². The highest BCUT2D eigenvalue weighted by Crippen LogP contribution is 1.99. The molecule has 0 aromatic heterocycles. The zero-order valence-electron chi connectivity index (χ0n) is 8.16. The molecule has 0 aliphatic rings. The van der Waals surface area contributed by atoms with Gasteiger partial charge in [0, 0.05) is 6.04 Å². The van der Waals surface area contributed by atoms with Crippen LogP contribution in [0, 0.1) is 5.92 Å². The van der Waals surface area contributed by atoms with Crippen molar-refractivity contribution in [3.8, 4) is 0 Å². The number of thiol groups is 1. The standard InChI is InChI=1S/C8H18N2OS/c1-6(2)7(3)9-8(11)5-10(4)12/h6-7,12H,5H2,1-4H3,(H,9,11). The molecule has 0 spiro atoms. The molecule has 3 nitrogen and oxygen atoms in total. The second kappa shape index (κ2) is 5.43. The van der Waals surface area contributed by atoms with E-state index >= 15 is 0 Å². The monoisotopic (exact) mass is 190 g/mol. The molecule has 1 atom stereocenters. The van der Waals surface area contributed by atoms with Gasteiger partial charge in [0.1, 0.15) is 0 Å². The Balaban J connectivity index is 3.69. The van der Waals surface area contributed by atoms with Gasteiger partial charge in [-0.25, -0.2) is 4.31 Å². The molecule has 4 heteroatoms. The topological polar surface area (TPSA) is 32.3 Å². The molecule has 0 aromatic carbocycles. The van der Waals surface area contributed by atoms with Crippen molar-refractivity contribution in [2.45, 2.75) is 26.8 Å². The number of amides is 1. The highest BCUT2D eigenvalue weighted by atomic mass is 32.1. The van der Waals surface area contributed by atoms with Crippen molar-refractivity contribution in [1.29, 1.82) is 0 Å². The summed E-state index contributed by atoms with van der Waals surface area (Å²) in [7, 11) is 1.75. The summed E-state index contributed by atoms with van der Waals surface area (Å²) in [5.74, 6) is 0.493. The summed E-state index contributed by atoms with van der Waals surface area (Å²) >= 11 is 3.98. The van der Waals surface area contributed by atoms with Crippen LogP contribution in [-0.2, 0) is 4.79 Å². The molecule has 1 amide bonds. The van der Waals surface area contributed by atoms with Crippen LogP contribution < -0.4 is 5.32 Å². The largest absolute Gasteiger partial charge is 0.352 e. The average molecular weight is 190 g/mol. The van der Waals surface area contributed by atoms with Gasteiger partial charge in [0.15, 0.2) is 0 Å². The van der Waals surface area contributed by atoms with E-state index in [1.54, 1.807) is 11.4 Å². The first-order valence-corrected chi connectivity index (χ1v) is 4.53. The van der Waals surface area contributed by atoms with Crippen LogP contribution in [0.5, 0.6) is 0 Å². The minimum Gasteiger partial charge on any atom is -0.352 e. The van der Waals surface area contributed by atoms with Gasteiger partial charge in [-0.2, -0.15) is 0 Å². The SMILES string of the molecule is CC(C)C(C)NC(=O)CN(C)S. The van der Waals surface area contributed by atoms with Crippen molar-refractivity contribution in [3.63, 3.8) is 0 Å². The minimum absolute atomic E-state index is 0.0219. The molecule has 0 fully saturated rings. The third-order valence-electron chi connectivity index (χ3n) is 1.76. The molecule has 72 valence electrons. The van der Waals surface area contributed by atoms with Gasteiger partial charge in [-0.1, -0.05) is 26.7 Å². The second-order valence-electron chi connectivity index (χ2n) is 3.42. The van der Waals surface area contributed by atoms with Crippen LogP contribution in [0.4, 0.5) is 0 Å². The lowest BCUT2D eigenvalue weighted by Gasteiger charge is -2.18. The molecule has 0 saturated heterocycles. The maximum Gasteiger partial charge on any atom is 0.235 e. The Morgan fingerprint density at radius 1 is 1.50 bits per heavy atom. The molecule has 0 radical (unpaired) electrons. The van der Waals surface area contributed by atoms with E-state index in [1.807, 2.05) is 6.92 Å². The van der Waals surface area contributed by atoms with Gasteiger partial charge in [-0.05, 0) is 19.9 Å². The van der Waals surface area contributed by atoms with Gasteiger partial charge in [0.2, 0.25) is 5.91 Å². The van der Waals surface area contributed by atoms with E-state index in [0.717, 1.165) is 0 Å². The Labute approximate surface area is 80.1 Å². The van der Waals surface area contributed by atoms with E-state index in [-0.39, 0.29) is 11.9 Å². The normalized spacial score (nSPS) is 13.6. The molecular formula is C8H18N2OS. The Morgan fingerprint density at radius 3 is 2.33 bits per heavy atom. The van der Waals surface area contributed by atoms with Crippen LogP contribution in [0.2, 0.25) is 0 Å². The van der Waals surface area contributed by atoms with E-state index in [4.69, 9.17) is 0 Å². The number of likely N-dealkylation sites (N-methyl/N-ethyl adjacent to an activating group) is 1. The Hall–Kier alpha value is -0.220. The van der Waals surface area contributed by atoms with Crippen LogP contribution in [0.15, 0.2) is 0 Å². The molecule has 0 aromatic rings. The molecule has 0 rings (SSSR count). The fourth-order valence-corrected chi connectivity index (χ4v) is 0.803. The second-order valence-corrected chi connectivity index (χ2v) is 4.10. The van der Waals surface area contributed by atoms with Crippen LogP contribution >= 0.6 is 12.8 Å². The van der Waals surface area contributed by atoms with Crippen LogP contribution in [0.3, 0.4) is 0 Å². The number of hydrogen-bond donors (Lipinski definition) is 2. The van der Waals surface area contributed by atoms with Crippen molar-refractivity contribution in [1.82, 2.24) is 9.62 Å². The van der Waals surface area contributed by atoms with Crippen molar-refractivity contribution >= 4 is 18.7 Å². The van der Waals surface area contributed by atoms with E-state index in [1.165, 1.54) is 0 Å². The summed E-state index contributed by atoms with van der Waals surface area (Å²) in [4.78, 5) is 11.2. The molecule has 0 heterocycles. The van der Waals surface area contributed by atoms with Gasteiger partial charge in [0.05, 0.1) is 6.54 Å². The highest BCUT2D eigenvalue weighted by Gasteiger charge is 2.10. The van der Waals surface area contributed by atoms with E-state index in [2.05, 4.69) is 32.0 Å². The Morgan fingerprint density at radius 2 is 2.00 bits per heavy atom. The number of carbonyl (C=O) groups excluding carboxylic acids is 1. The summed E-state index contributed by atoms with van der Waals surface area (Å²) in [6.07, 6.45) is 0. The summed E-state index contributed by atoms with van der Waals surface area (Å²) < 4.78 is 1.56. The molecule has 0 bridgehead atoms. The first-order chi connectivity index (χ1) is 5.43. The lowest BCUT2D eigenvalue weighted by molar-refractivity contribution is -0.121. The summed E-state index contributed by atoms with van der Waals surface area (Å²) in [5.41, 5.74) is 0. The summed E-state index contributed by atoms with van der Waals surface area (Å²) in [6.45, 7) is 6.49. The van der Waals surface area contributed by atoms with Crippen LogP contribution in [0.1, 0.15) is 20.8 Å². The number of rotatable bonds is 4. The van der Waals surface area contributed by atoms with Crippen molar-refractivity contribution < 1.29 is 4.79 Å².